The molecule has 1 saturated heterocycles. The third-order valence-electron chi connectivity index (χ3n) is 1.67. The van der Waals surface area contributed by atoms with E-state index in [0.29, 0.717) is 19.6 Å². The van der Waals surface area contributed by atoms with Crippen LogP contribution in [-0.2, 0) is 9.53 Å². The number of rotatable bonds is 2. The summed E-state index contributed by atoms with van der Waals surface area (Å²) in [6.07, 6.45) is 0.535. The molecule has 0 aromatic heterocycles. The Bertz CT molecular complexity index is 140. The third-order valence-corrected chi connectivity index (χ3v) is 2.03. The van der Waals surface area contributed by atoms with Gasteiger partial charge in [0.15, 0.2) is 0 Å². The van der Waals surface area contributed by atoms with E-state index in [1.165, 1.54) is 0 Å². The summed E-state index contributed by atoms with van der Waals surface area (Å²) in [4.78, 5) is 13.1. The second-order valence-corrected chi connectivity index (χ2v) is 3.23. The Morgan fingerprint density at radius 1 is 1.55 bits per heavy atom. The van der Waals surface area contributed by atoms with Crippen LogP contribution >= 0.6 is 15.9 Å². The molecule has 0 N–H and O–H groups in total. The van der Waals surface area contributed by atoms with E-state index in [9.17, 15) is 4.79 Å². The van der Waals surface area contributed by atoms with Gasteiger partial charge in [0.05, 0.1) is 19.6 Å². The fraction of sp³-hybridized carbons (Fsp3) is 0.857. The third kappa shape index (κ3) is 2.79. The highest BCUT2D eigenvalue weighted by atomic mass is 79.9. The molecule has 0 bridgehead atoms. The van der Waals surface area contributed by atoms with Crippen molar-refractivity contribution in [3.63, 3.8) is 0 Å². The van der Waals surface area contributed by atoms with Gasteiger partial charge in [-0.15, -0.1) is 0 Å². The van der Waals surface area contributed by atoms with Crippen LogP contribution in [0.5, 0.6) is 0 Å². The molecule has 1 aliphatic heterocycles. The van der Waals surface area contributed by atoms with Crippen molar-refractivity contribution >= 4 is 21.8 Å². The lowest BCUT2D eigenvalue weighted by molar-refractivity contribution is -0.130. The molecule has 1 amide bonds. The van der Waals surface area contributed by atoms with E-state index in [2.05, 4.69) is 15.9 Å². The van der Waals surface area contributed by atoms with Gasteiger partial charge in [-0.3, -0.25) is 4.79 Å². The molecule has 0 radical (unpaired) electrons. The zero-order valence-corrected chi connectivity index (χ0v) is 7.97. The second-order valence-electron chi connectivity index (χ2n) is 2.43. The standard InChI is InChI=1S/C7H12BrNO2/c8-2-3-9-4-6-11-5-1-7(9)10/h1-6H2. The monoisotopic (exact) mass is 221 g/mol. The minimum Gasteiger partial charge on any atom is -0.379 e. The number of carbonyl (C=O) groups is 1. The Morgan fingerprint density at radius 2 is 2.36 bits per heavy atom. The van der Waals surface area contributed by atoms with Crippen molar-refractivity contribution in [1.82, 2.24) is 4.90 Å². The number of nitrogens with zero attached hydrogens (tertiary/aromatic N) is 1. The van der Waals surface area contributed by atoms with Crippen LogP contribution in [0.2, 0.25) is 0 Å². The smallest absolute Gasteiger partial charge is 0.224 e. The van der Waals surface area contributed by atoms with Crippen molar-refractivity contribution in [3.8, 4) is 0 Å². The average molecular weight is 222 g/mol. The molecule has 4 heteroatoms. The summed E-state index contributed by atoms with van der Waals surface area (Å²) in [7, 11) is 0. The van der Waals surface area contributed by atoms with Crippen LogP contribution in [0, 0.1) is 0 Å². The molecular weight excluding hydrogens is 210 g/mol. The van der Waals surface area contributed by atoms with Crippen LogP contribution in [0.15, 0.2) is 0 Å². The van der Waals surface area contributed by atoms with Gasteiger partial charge in [-0.05, 0) is 0 Å². The molecule has 11 heavy (non-hydrogen) atoms. The predicted molar refractivity (Wildman–Crippen MR) is 45.8 cm³/mol. The van der Waals surface area contributed by atoms with E-state index >= 15 is 0 Å². The fourth-order valence-electron chi connectivity index (χ4n) is 1.06. The maximum Gasteiger partial charge on any atom is 0.224 e. The Morgan fingerprint density at radius 3 is 3.09 bits per heavy atom. The number of amides is 1. The molecular formula is C7H12BrNO2. The van der Waals surface area contributed by atoms with E-state index in [-0.39, 0.29) is 5.91 Å². The number of hydrogen-bond acceptors (Lipinski definition) is 2. The topological polar surface area (TPSA) is 29.5 Å². The van der Waals surface area contributed by atoms with Crippen LogP contribution in [0.4, 0.5) is 0 Å². The number of carbonyl (C=O) groups excluding carboxylic acids is 1. The number of ether oxygens (including phenoxy) is 1. The Labute approximate surface area is 74.8 Å². The van der Waals surface area contributed by atoms with Crippen LogP contribution < -0.4 is 0 Å². The average Bonchev–Trinajstić information content (AvgIpc) is 2.18. The molecule has 0 aromatic carbocycles. The van der Waals surface area contributed by atoms with Gasteiger partial charge in [0.25, 0.3) is 0 Å². The molecule has 1 fully saturated rings. The van der Waals surface area contributed by atoms with Crippen LogP contribution in [-0.4, -0.2) is 42.4 Å². The quantitative estimate of drug-likeness (QED) is 0.641. The lowest BCUT2D eigenvalue weighted by Gasteiger charge is -2.17. The van der Waals surface area contributed by atoms with Gasteiger partial charge >= 0.3 is 0 Å². The summed E-state index contributed by atoms with van der Waals surface area (Å²) < 4.78 is 5.16. The van der Waals surface area contributed by atoms with Gasteiger partial charge < -0.3 is 9.64 Å². The summed E-state index contributed by atoms with van der Waals surface area (Å²) in [5.41, 5.74) is 0. The van der Waals surface area contributed by atoms with E-state index in [1.807, 2.05) is 4.90 Å². The van der Waals surface area contributed by atoms with Crippen LogP contribution in [0.25, 0.3) is 0 Å². The molecule has 1 heterocycles. The highest BCUT2D eigenvalue weighted by Crippen LogP contribution is 2.01. The molecule has 0 spiro atoms. The first kappa shape index (κ1) is 9.00. The van der Waals surface area contributed by atoms with Crippen molar-refractivity contribution < 1.29 is 9.53 Å². The van der Waals surface area contributed by atoms with Crippen LogP contribution in [0.3, 0.4) is 0 Å². The van der Waals surface area contributed by atoms with E-state index in [0.717, 1.165) is 18.4 Å². The molecule has 0 aromatic rings. The summed E-state index contributed by atoms with van der Waals surface area (Å²) in [6, 6.07) is 0. The molecule has 0 unspecified atom stereocenters. The molecule has 0 saturated carbocycles. The first-order chi connectivity index (χ1) is 5.34. The normalized spacial score (nSPS) is 20.1. The van der Waals surface area contributed by atoms with Gasteiger partial charge in [0.1, 0.15) is 0 Å². The number of hydrogen-bond donors (Lipinski definition) is 0. The largest absolute Gasteiger partial charge is 0.379 e. The Balaban J connectivity index is 2.39. The first-order valence-electron chi connectivity index (χ1n) is 3.76. The van der Waals surface area contributed by atoms with Crippen molar-refractivity contribution in [2.24, 2.45) is 0 Å². The van der Waals surface area contributed by atoms with Gasteiger partial charge in [-0.1, -0.05) is 15.9 Å². The van der Waals surface area contributed by atoms with Crippen molar-refractivity contribution in [1.29, 1.82) is 0 Å². The minimum absolute atomic E-state index is 0.210. The zero-order valence-electron chi connectivity index (χ0n) is 6.38. The van der Waals surface area contributed by atoms with Crippen LogP contribution in [0.1, 0.15) is 6.42 Å². The Hall–Kier alpha value is -0.0900. The highest BCUT2D eigenvalue weighted by molar-refractivity contribution is 9.09. The predicted octanol–water partition coefficient (Wildman–Crippen LogP) is 0.630. The van der Waals surface area contributed by atoms with Gasteiger partial charge in [0, 0.05) is 18.4 Å². The summed E-state index contributed by atoms with van der Waals surface area (Å²) >= 11 is 3.30. The van der Waals surface area contributed by atoms with Gasteiger partial charge in [0.2, 0.25) is 5.91 Å². The van der Waals surface area contributed by atoms with Crippen molar-refractivity contribution in [3.05, 3.63) is 0 Å². The van der Waals surface area contributed by atoms with Gasteiger partial charge in [-0.25, -0.2) is 0 Å². The maximum atomic E-state index is 11.2. The molecule has 0 aliphatic carbocycles. The molecule has 3 nitrogen and oxygen atoms in total. The first-order valence-corrected chi connectivity index (χ1v) is 4.88. The number of alkyl halides is 1. The highest BCUT2D eigenvalue weighted by Gasteiger charge is 2.15. The maximum absolute atomic E-state index is 11.2. The van der Waals surface area contributed by atoms with E-state index in [4.69, 9.17) is 4.74 Å². The molecule has 64 valence electrons. The molecule has 0 atom stereocenters. The summed E-state index contributed by atoms with van der Waals surface area (Å²) in [5.74, 6) is 0.210. The number of halogens is 1. The fourth-order valence-corrected chi connectivity index (χ4v) is 1.49. The summed E-state index contributed by atoms with van der Waals surface area (Å²) in [5, 5.41) is 0.846. The zero-order chi connectivity index (χ0) is 8.10. The Kier molecular flexibility index (Phi) is 3.86. The molecule has 1 aliphatic rings. The van der Waals surface area contributed by atoms with Gasteiger partial charge in [-0.2, -0.15) is 0 Å². The lowest BCUT2D eigenvalue weighted by atomic mass is 10.4. The SMILES string of the molecule is O=C1CCOCCN1CCBr. The van der Waals surface area contributed by atoms with E-state index in [1.54, 1.807) is 0 Å². The lowest BCUT2D eigenvalue weighted by Crippen LogP contribution is -2.33. The van der Waals surface area contributed by atoms with Crippen molar-refractivity contribution in [2.75, 3.05) is 31.6 Å². The van der Waals surface area contributed by atoms with Crippen molar-refractivity contribution in [2.45, 2.75) is 6.42 Å². The van der Waals surface area contributed by atoms with E-state index < -0.39 is 0 Å². The second kappa shape index (κ2) is 4.72. The summed E-state index contributed by atoms with van der Waals surface area (Å²) in [6.45, 7) is 2.79. The molecule has 1 rings (SSSR count). The minimum atomic E-state index is 0.210.